The fraction of sp³-hybridized carbons (Fsp3) is 0.833. The van der Waals surface area contributed by atoms with Gasteiger partial charge in [-0.05, 0) is 12.2 Å². The maximum atomic E-state index is 10.7. The van der Waals surface area contributed by atoms with Gasteiger partial charge in [0, 0.05) is 0 Å². The van der Waals surface area contributed by atoms with Gasteiger partial charge in [-0.1, -0.05) is 6.92 Å². The number of hydrogen-bond acceptors (Lipinski definition) is 3. The lowest BCUT2D eigenvalue weighted by Gasteiger charge is -1.99. The fourth-order valence-electron chi connectivity index (χ4n) is 0.453. The Morgan fingerprint density at radius 3 is 2.90 bits per heavy atom. The number of rotatable bonds is 5. The largest absolute Gasteiger partial charge is 0.277 e. The Morgan fingerprint density at radius 1 is 1.70 bits per heavy atom. The second-order valence-electron chi connectivity index (χ2n) is 1.78. The molecule has 0 spiro atoms. The average molecular weight is 163 g/mol. The molecule has 0 unspecified atom stereocenters. The van der Waals surface area contributed by atoms with Crippen molar-refractivity contribution in [1.82, 2.24) is 5.48 Å². The first-order chi connectivity index (χ1) is 4.81. The van der Waals surface area contributed by atoms with Gasteiger partial charge in [0.2, 0.25) is 0 Å². The molecule has 1 amide bonds. The van der Waals surface area contributed by atoms with Crippen LogP contribution in [0.3, 0.4) is 0 Å². The third kappa shape index (κ3) is 5.91. The van der Waals surface area contributed by atoms with E-state index in [0.717, 1.165) is 12.2 Å². The monoisotopic (exact) mass is 163 g/mol. The smallest absolute Gasteiger partial charge is 0.253 e. The quantitative estimate of drug-likeness (QED) is 0.481. The molecular formula is C6H13NO2S. The van der Waals surface area contributed by atoms with Crippen LogP contribution in [0.25, 0.3) is 0 Å². The maximum absolute atomic E-state index is 10.7. The predicted molar refractivity (Wildman–Crippen MR) is 42.8 cm³/mol. The van der Waals surface area contributed by atoms with Crippen LogP contribution in [0, 0.1) is 0 Å². The van der Waals surface area contributed by atoms with E-state index in [0.29, 0.717) is 5.75 Å². The highest BCUT2D eigenvalue weighted by molar-refractivity contribution is 7.99. The van der Waals surface area contributed by atoms with Gasteiger partial charge in [-0.3, -0.25) is 9.63 Å². The molecule has 0 bridgehead atoms. The molecule has 60 valence electrons. The van der Waals surface area contributed by atoms with Crippen molar-refractivity contribution in [2.45, 2.75) is 13.3 Å². The molecule has 0 fully saturated rings. The minimum absolute atomic E-state index is 0.0686. The Labute approximate surface area is 65.5 Å². The number of thioether (sulfide) groups is 1. The van der Waals surface area contributed by atoms with E-state index in [2.05, 4.69) is 17.2 Å². The molecule has 0 aliphatic heterocycles. The minimum Gasteiger partial charge on any atom is -0.277 e. The molecular weight excluding hydrogens is 150 g/mol. The minimum atomic E-state index is -0.0686. The van der Waals surface area contributed by atoms with Crippen LogP contribution >= 0.6 is 11.8 Å². The standard InChI is InChI=1S/C6H13NO2S/c1-3-4-10-5-6(8)7-9-2/h3-5H2,1-2H3,(H,7,8). The molecule has 0 saturated carbocycles. The number of carbonyl (C=O) groups excluding carboxylic acids is 1. The summed E-state index contributed by atoms with van der Waals surface area (Å²) in [6, 6.07) is 0. The molecule has 0 aliphatic carbocycles. The number of nitrogens with one attached hydrogen (secondary N) is 1. The second-order valence-corrected chi connectivity index (χ2v) is 2.89. The van der Waals surface area contributed by atoms with Gasteiger partial charge in [0.1, 0.15) is 0 Å². The van der Waals surface area contributed by atoms with Gasteiger partial charge in [0.15, 0.2) is 0 Å². The highest BCUT2D eigenvalue weighted by Gasteiger charge is 1.97. The van der Waals surface area contributed by atoms with Crippen molar-refractivity contribution in [2.24, 2.45) is 0 Å². The first-order valence-corrected chi connectivity index (χ1v) is 4.36. The van der Waals surface area contributed by atoms with Gasteiger partial charge in [-0.25, -0.2) is 5.48 Å². The Bertz CT molecular complexity index is 97.7. The molecule has 0 radical (unpaired) electrons. The van der Waals surface area contributed by atoms with Crippen molar-refractivity contribution in [1.29, 1.82) is 0 Å². The summed E-state index contributed by atoms with van der Waals surface area (Å²) < 4.78 is 0. The topological polar surface area (TPSA) is 38.3 Å². The lowest BCUT2D eigenvalue weighted by molar-refractivity contribution is -0.128. The van der Waals surface area contributed by atoms with Crippen LogP contribution in [0.4, 0.5) is 0 Å². The highest BCUT2D eigenvalue weighted by Crippen LogP contribution is 2.00. The Balaban J connectivity index is 3.05. The van der Waals surface area contributed by atoms with E-state index in [-0.39, 0.29) is 5.91 Å². The molecule has 0 aliphatic rings. The van der Waals surface area contributed by atoms with Crippen LogP contribution in [0.1, 0.15) is 13.3 Å². The summed E-state index contributed by atoms with van der Waals surface area (Å²) in [5.74, 6) is 1.44. The van der Waals surface area contributed by atoms with Gasteiger partial charge in [0.25, 0.3) is 5.91 Å². The third-order valence-electron chi connectivity index (χ3n) is 0.798. The van der Waals surface area contributed by atoms with Crippen molar-refractivity contribution in [2.75, 3.05) is 18.6 Å². The van der Waals surface area contributed by atoms with Crippen LogP contribution < -0.4 is 5.48 Å². The van der Waals surface area contributed by atoms with Crippen molar-refractivity contribution >= 4 is 17.7 Å². The summed E-state index contributed by atoms with van der Waals surface area (Å²) in [6.45, 7) is 2.08. The third-order valence-corrected chi connectivity index (χ3v) is 1.96. The molecule has 0 aromatic rings. The van der Waals surface area contributed by atoms with Gasteiger partial charge in [-0.2, -0.15) is 11.8 Å². The van der Waals surface area contributed by atoms with E-state index < -0.39 is 0 Å². The zero-order valence-electron chi connectivity index (χ0n) is 6.35. The fourth-order valence-corrected chi connectivity index (χ4v) is 1.13. The van der Waals surface area contributed by atoms with E-state index in [1.807, 2.05) is 0 Å². The first-order valence-electron chi connectivity index (χ1n) is 3.20. The normalized spacial score (nSPS) is 9.40. The van der Waals surface area contributed by atoms with Crippen LogP contribution in [0.2, 0.25) is 0 Å². The molecule has 0 heterocycles. The maximum Gasteiger partial charge on any atom is 0.253 e. The molecule has 0 atom stereocenters. The lowest BCUT2D eigenvalue weighted by Crippen LogP contribution is -2.23. The van der Waals surface area contributed by atoms with Gasteiger partial charge in [-0.15, -0.1) is 0 Å². The van der Waals surface area contributed by atoms with Crippen LogP contribution in [0.5, 0.6) is 0 Å². The van der Waals surface area contributed by atoms with E-state index in [4.69, 9.17) is 0 Å². The molecule has 0 aromatic heterocycles. The lowest BCUT2D eigenvalue weighted by atomic mass is 10.6. The van der Waals surface area contributed by atoms with E-state index >= 15 is 0 Å². The molecule has 3 nitrogen and oxygen atoms in total. The number of hydrogen-bond donors (Lipinski definition) is 1. The molecule has 0 aromatic carbocycles. The molecule has 0 rings (SSSR count). The van der Waals surface area contributed by atoms with Crippen molar-refractivity contribution in [3.05, 3.63) is 0 Å². The molecule has 0 saturated heterocycles. The summed E-state index contributed by atoms with van der Waals surface area (Å²) in [4.78, 5) is 15.1. The van der Waals surface area contributed by atoms with Crippen molar-refractivity contribution in [3.63, 3.8) is 0 Å². The molecule has 4 heteroatoms. The predicted octanol–water partition coefficient (Wildman–Crippen LogP) is 0.807. The molecule has 1 N–H and O–H groups in total. The highest BCUT2D eigenvalue weighted by atomic mass is 32.2. The average Bonchev–Trinajstić information content (AvgIpc) is 1.89. The zero-order valence-corrected chi connectivity index (χ0v) is 7.16. The summed E-state index contributed by atoms with van der Waals surface area (Å²) >= 11 is 1.61. The van der Waals surface area contributed by atoms with Crippen LogP contribution in [-0.4, -0.2) is 24.5 Å². The van der Waals surface area contributed by atoms with Crippen molar-refractivity contribution < 1.29 is 9.63 Å². The molecule has 10 heavy (non-hydrogen) atoms. The summed E-state index contributed by atoms with van der Waals surface area (Å²) in [7, 11) is 1.43. The van der Waals surface area contributed by atoms with Gasteiger partial charge >= 0.3 is 0 Å². The SMILES string of the molecule is CCCSCC(=O)NOC. The Kier molecular flexibility index (Phi) is 6.74. The van der Waals surface area contributed by atoms with Crippen LogP contribution in [0.15, 0.2) is 0 Å². The van der Waals surface area contributed by atoms with E-state index in [1.165, 1.54) is 7.11 Å². The zero-order chi connectivity index (χ0) is 7.82. The summed E-state index contributed by atoms with van der Waals surface area (Å²) in [5, 5.41) is 0. The van der Waals surface area contributed by atoms with E-state index in [1.54, 1.807) is 11.8 Å². The summed E-state index contributed by atoms with van der Waals surface area (Å²) in [6.07, 6.45) is 1.10. The second kappa shape index (κ2) is 6.89. The van der Waals surface area contributed by atoms with Crippen molar-refractivity contribution in [3.8, 4) is 0 Å². The number of amides is 1. The first kappa shape index (κ1) is 9.78. The summed E-state index contributed by atoms with van der Waals surface area (Å²) in [5.41, 5.74) is 2.24. The Hall–Kier alpha value is -0.220. The van der Waals surface area contributed by atoms with Crippen LogP contribution in [-0.2, 0) is 9.63 Å². The number of hydroxylamine groups is 1. The van der Waals surface area contributed by atoms with Gasteiger partial charge < -0.3 is 0 Å². The van der Waals surface area contributed by atoms with Gasteiger partial charge in [0.05, 0.1) is 12.9 Å². The number of carbonyl (C=O) groups is 1. The van der Waals surface area contributed by atoms with E-state index in [9.17, 15) is 4.79 Å². The Morgan fingerprint density at radius 2 is 2.40 bits per heavy atom.